The molecule has 1 atom stereocenters. The van der Waals surface area contributed by atoms with Gasteiger partial charge < -0.3 is 15.3 Å². The molecular formula is C15H28N2O3. The van der Waals surface area contributed by atoms with Crippen LogP contribution in [0, 0.1) is 0 Å². The smallest absolute Gasteiger partial charge is 0.329 e. The van der Waals surface area contributed by atoms with Crippen LogP contribution in [-0.2, 0) is 4.79 Å². The number of rotatable bonds is 5. The van der Waals surface area contributed by atoms with Crippen molar-refractivity contribution in [2.24, 2.45) is 0 Å². The van der Waals surface area contributed by atoms with E-state index >= 15 is 0 Å². The molecular weight excluding hydrogens is 256 g/mol. The van der Waals surface area contributed by atoms with E-state index in [1.54, 1.807) is 18.9 Å². The van der Waals surface area contributed by atoms with Crippen molar-refractivity contribution in [1.82, 2.24) is 10.2 Å². The Kier molecular flexibility index (Phi) is 6.30. The molecule has 1 aliphatic rings. The number of carbonyl (C=O) groups is 2. The van der Waals surface area contributed by atoms with Crippen molar-refractivity contribution < 1.29 is 14.7 Å². The van der Waals surface area contributed by atoms with Gasteiger partial charge in [0, 0.05) is 13.1 Å². The summed E-state index contributed by atoms with van der Waals surface area (Å²) in [4.78, 5) is 25.4. The molecule has 0 saturated heterocycles. The van der Waals surface area contributed by atoms with Crippen LogP contribution < -0.4 is 5.32 Å². The summed E-state index contributed by atoms with van der Waals surface area (Å²) in [5.74, 6) is -0.970. The van der Waals surface area contributed by atoms with Crippen molar-refractivity contribution in [3.05, 3.63) is 0 Å². The summed E-state index contributed by atoms with van der Waals surface area (Å²) >= 11 is 0. The van der Waals surface area contributed by atoms with Crippen LogP contribution in [0.25, 0.3) is 0 Å². The summed E-state index contributed by atoms with van der Waals surface area (Å²) in [6, 6.07) is -0.0348. The predicted octanol–water partition coefficient (Wildman–Crippen LogP) is 2.99. The number of urea groups is 1. The number of nitrogens with one attached hydrogen (secondary N) is 1. The molecule has 5 nitrogen and oxygen atoms in total. The lowest BCUT2D eigenvalue weighted by atomic mass is 9.96. The highest BCUT2D eigenvalue weighted by Crippen LogP contribution is 2.22. The van der Waals surface area contributed by atoms with Crippen molar-refractivity contribution in [2.45, 2.75) is 76.8 Å². The molecule has 2 amide bonds. The lowest BCUT2D eigenvalue weighted by molar-refractivity contribution is -0.144. The number of carboxylic acid groups (broad SMARTS) is 1. The van der Waals surface area contributed by atoms with Crippen LogP contribution in [0.3, 0.4) is 0 Å². The van der Waals surface area contributed by atoms with Gasteiger partial charge in [-0.25, -0.2) is 9.59 Å². The van der Waals surface area contributed by atoms with Crippen molar-refractivity contribution in [1.29, 1.82) is 0 Å². The van der Waals surface area contributed by atoms with Crippen LogP contribution in [0.1, 0.15) is 65.2 Å². The number of carbonyl (C=O) groups excluding carboxylic acids is 1. The van der Waals surface area contributed by atoms with E-state index in [0.717, 1.165) is 32.1 Å². The lowest BCUT2D eigenvalue weighted by Gasteiger charge is -2.32. The third kappa shape index (κ3) is 4.39. The number of nitrogens with zero attached hydrogens (tertiary/aromatic N) is 1. The second-order valence-corrected chi connectivity index (χ2v) is 6.07. The average Bonchev–Trinajstić information content (AvgIpc) is 2.66. The minimum absolute atomic E-state index is 0.233. The fourth-order valence-corrected chi connectivity index (χ4v) is 2.86. The highest BCUT2D eigenvalue weighted by Gasteiger charge is 2.35. The van der Waals surface area contributed by atoms with Gasteiger partial charge in [-0.3, -0.25) is 0 Å². The largest absolute Gasteiger partial charge is 0.480 e. The van der Waals surface area contributed by atoms with E-state index in [1.807, 2.05) is 6.92 Å². The monoisotopic (exact) mass is 284 g/mol. The van der Waals surface area contributed by atoms with Crippen molar-refractivity contribution in [3.8, 4) is 0 Å². The second-order valence-electron chi connectivity index (χ2n) is 6.07. The summed E-state index contributed by atoms with van der Waals surface area (Å²) in [5.41, 5.74) is -1.18. The van der Waals surface area contributed by atoms with Crippen molar-refractivity contribution in [2.75, 3.05) is 7.05 Å². The van der Waals surface area contributed by atoms with Crippen LogP contribution in [0.2, 0.25) is 0 Å². The summed E-state index contributed by atoms with van der Waals surface area (Å²) < 4.78 is 0. The van der Waals surface area contributed by atoms with E-state index in [-0.39, 0.29) is 12.1 Å². The van der Waals surface area contributed by atoms with Gasteiger partial charge in [0.15, 0.2) is 0 Å². The normalized spacial score (nSPS) is 19.8. The fraction of sp³-hybridized carbons (Fsp3) is 0.867. The summed E-state index contributed by atoms with van der Waals surface area (Å²) in [6.45, 7) is 3.50. The zero-order chi connectivity index (χ0) is 15.2. The molecule has 1 aliphatic carbocycles. The first-order valence-corrected chi connectivity index (χ1v) is 7.69. The highest BCUT2D eigenvalue weighted by molar-refractivity contribution is 5.85. The maximum Gasteiger partial charge on any atom is 0.329 e. The molecule has 2 N–H and O–H groups in total. The van der Waals surface area contributed by atoms with Gasteiger partial charge in [0.25, 0.3) is 0 Å². The van der Waals surface area contributed by atoms with Gasteiger partial charge in [-0.05, 0) is 26.2 Å². The Morgan fingerprint density at radius 2 is 1.80 bits per heavy atom. The molecule has 0 radical (unpaired) electrons. The standard InChI is InChI=1S/C15H28N2O3/c1-4-11-15(2,13(18)19)16-14(20)17(3)12-9-7-5-6-8-10-12/h12H,4-11H2,1-3H3,(H,16,20)(H,18,19). The SMILES string of the molecule is CCCC(C)(NC(=O)N(C)C1CCCCCC1)C(=O)O. The fourth-order valence-electron chi connectivity index (χ4n) is 2.86. The molecule has 1 saturated carbocycles. The molecule has 0 spiro atoms. The zero-order valence-electron chi connectivity index (χ0n) is 12.9. The molecule has 1 rings (SSSR count). The Morgan fingerprint density at radius 3 is 2.25 bits per heavy atom. The molecule has 1 unspecified atom stereocenters. The first-order valence-electron chi connectivity index (χ1n) is 7.69. The quantitative estimate of drug-likeness (QED) is 0.762. The number of amides is 2. The van der Waals surface area contributed by atoms with Crippen molar-refractivity contribution in [3.63, 3.8) is 0 Å². The Hall–Kier alpha value is -1.26. The minimum atomic E-state index is -1.18. The van der Waals surface area contributed by atoms with E-state index in [0.29, 0.717) is 6.42 Å². The van der Waals surface area contributed by atoms with E-state index < -0.39 is 11.5 Å². The molecule has 0 aromatic rings. The van der Waals surface area contributed by atoms with Crippen molar-refractivity contribution >= 4 is 12.0 Å². The van der Waals surface area contributed by atoms with Gasteiger partial charge in [-0.1, -0.05) is 39.0 Å². The van der Waals surface area contributed by atoms with E-state index in [4.69, 9.17) is 0 Å². The maximum absolute atomic E-state index is 12.3. The first-order chi connectivity index (χ1) is 9.40. The summed E-state index contributed by atoms with van der Waals surface area (Å²) in [7, 11) is 1.78. The topological polar surface area (TPSA) is 69.6 Å². The Labute approximate surface area is 121 Å². The number of aliphatic carboxylic acids is 1. The van der Waals surface area contributed by atoms with Crippen LogP contribution in [0.5, 0.6) is 0 Å². The molecule has 0 heterocycles. The van der Waals surface area contributed by atoms with Crippen LogP contribution >= 0.6 is 0 Å². The molecule has 0 aliphatic heterocycles. The molecule has 0 aromatic heterocycles. The summed E-state index contributed by atoms with van der Waals surface area (Å²) in [6.07, 6.45) is 7.94. The maximum atomic E-state index is 12.3. The second kappa shape index (κ2) is 7.50. The van der Waals surface area contributed by atoms with Gasteiger partial charge in [0.2, 0.25) is 0 Å². The molecule has 0 aromatic carbocycles. The van der Waals surface area contributed by atoms with Crippen LogP contribution in [-0.4, -0.2) is 40.6 Å². The third-order valence-corrected chi connectivity index (χ3v) is 4.30. The Morgan fingerprint density at radius 1 is 1.25 bits per heavy atom. The molecule has 116 valence electrons. The molecule has 0 bridgehead atoms. The zero-order valence-corrected chi connectivity index (χ0v) is 12.9. The minimum Gasteiger partial charge on any atom is -0.480 e. The van der Waals surface area contributed by atoms with Crippen LogP contribution in [0.15, 0.2) is 0 Å². The average molecular weight is 284 g/mol. The van der Waals surface area contributed by atoms with Crippen LogP contribution in [0.4, 0.5) is 4.79 Å². The van der Waals surface area contributed by atoms with E-state index in [1.165, 1.54) is 12.8 Å². The lowest BCUT2D eigenvalue weighted by Crippen LogP contribution is -2.56. The van der Waals surface area contributed by atoms with E-state index in [2.05, 4.69) is 5.32 Å². The van der Waals surface area contributed by atoms with Gasteiger partial charge in [-0.15, -0.1) is 0 Å². The van der Waals surface area contributed by atoms with Gasteiger partial charge >= 0.3 is 12.0 Å². The van der Waals surface area contributed by atoms with E-state index in [9.17, 15) is 14.7 Å². The highest BCUT2D eigenvalue weighted by atomic mass is 16.4. The Balaban J connectivity index is 2.65. The molecule has 20 heavy (non-hydrogen) atoms. The van der Waals surface area contributed by atoms with Gasteiger partial charge in [0.1, 0.15) is 5.54 Å². The number of carboxylic acids is 1. The molecule has 5 heteroatoms. The summed E-state index contributed by atoms with van der Waals surface area (Å²) in [5, 5.41) is 12.0. The predicted molar refractivity (Wildman–Crippen MR) is 78.7 cm³/mol. The Bertz CT molecular complexity index is 338. The van der Waals surface area contributed by atoms with Gasteiger partial charge in [0.05, 0.1) is 0 Å². The first kappa shape index (κ1) is 16.8. The van der Waals surface area contributed by atoms with Gasteiger partial charge in [-0.2, -0.15) is 0 Å². The number of hydrogen-bond donors (Lipinski definition) is 2. The number of hydrogen-bond acceptors (Lipinski definition) is 2. The third-order valence-electron chi connectivity index (χ3n) is 4.30. The molecule has 1 fully saturated rings.